The number of hydrogen-bond acceptors (Lipinski definition) is 5. The van der Waals surface area contributed by atoms with Gasteiger partial charge in [-0.2, -0.15) is 0 Å². The van der Waals surface area contributed by atoms with Crippen molar-refractivity contribution in [2.45, 2.75) is 38.1 Å². The first-order chi connectivity index (χ1) is 13.7. The first-order valence-corrected chi connectivity index (χ1v) is 11.0. The number of amides is 2. The number of fused-ring (bicyclic) bond motifs is 4. The molecule has 0 aliphatic carbocycles. The zero-order chi connectivity index (χ0) is 19.1. The van der Waals surface area contributed by atoms with Crippen LogP contribution in [-0.2, 0) is 16.0 Å². The third kappa shape index (κ3) is 3.32. The van der Waals surface area contributed by atoms with Crippen LogP contribution in [0, 0.1) is 11.8 Å². The maximum atomic E-state index is 13.0. The topological polar surface area (TPSA) is 66.4 Å². The number of thiazole rings is 1. The van der Waals surface area contributed by atoms with Gasteiger partial charge in [0.1, 0.15) is 5.01 Å². The zero-order valence-corrected chi connectivity index (χ0v) is 16.6. The molecule has 2 aromatic heterocycles. The average Bonchev–Trinajstić information content (AvgIpc) is 3.18. The summed E-state index contributed by atoms with van der Waals surface area (Å²) in [6, 6.07) is 6.10. The number of likely N-dealkylation sites (tertiary alicyclic amines) is 1. The normalized spacial score (nSPS) is 26.9. The molecule has 0 N–H and O–H groups in total. The summed E-state index contributed by atoms with van der Waals surface area (Å²) < 4.78 is 0. The van der Waals surface area contributed by atoms with E-state index in [1.807, 2.05) is 28.5 Å². The van der Waals surface area contributed by atoms with E-state index in [0.29, 0.717) is 36.6 Å². The minimum Gasteiger partial charge on any atom is -0.342 e. The number of piperidine rings is 3. The number of pyridine rings is 1. The summed E-state index contributed by atoms with van der Waals surface area (Å²) in [7, 11) is 0. The number of carbonyl (C=O) groups excluding carboxylic acids is 2. The Morgan fingerprint density at radius 3 is 3.04 bits per heavy atom. The molecule has 3 aliphatic heterocycles. The van der Waals surface area contributed by atoms with E-state index in [4.69, 9.17) is 0 Å². The van der Waals surface area contributed by atoms with Crippen molar-refractivity contribution in [3.05, 3.63) is 35.5 Å². The molecule has 7 heteroatoms. The highest BCUT2D eigenvalue weighted by Crippen LogP contribution is 2.38. The van der Waals surface area contributed by atoms with Crippen LogP contribution in [-0.4, -0.2) is 57.3 Å². The predicted molar refractivity (Wildman–Crippen MR) is 107 cm³/mol. The Morgan fingerprint density at radius 1 is 1.25 bits per heavy atom. The van der Waals surface area contributed by atoms with Gasteiger partial charge in [-0.1, -0.05) is 6.07 Å². The quantitative estimate of drug-likeness (QED) is 0.800. The lowest BCUT2D eigenvalue weighted by molar-refractivity contribution is -0.148. The van der Waals surface area contributed by atoms with Crippen molar-refractivity contribution in [3.63, 3.8) is 0 Å². The van der Waals surface area contributed by atoms with Gasteiger partial charge in [0.2, 0.25) is 11.8 Å². The van der Waals surface area contributed by atoms with Crippen molar-refractivity contribution in [3.8, 4) is 10.7 Å². The van der Waals surface area contributed by atoms with Crippen LogP contribution in [0.4, 0.5) is 0 Å². The number of aromatic nitrogens is 2. The molecule has 28 heavy (non-hydrogen) atoms. The molecule has 0 spiro atoms. The SMILES string of the molecule is O=C(Cc1csc(-c2ccccn2)n1)N1C[C@H]2C[C@@H](C1)C1CCCC(=O)N1C2. The van der Waals surface area contributed by atoms with E-state index in [0.717, 1.165) is 55.3 Å². The smallest absolute Gasteiger partial charge is 0.228 e. The maximum absolute atomic E-state index is 13.0. The summed E-state index contributed by atoms with van der Waals surface area (Å²) in [5.41, 5.74) is 1.67. The Kier molecular flexibility index (Phi) is 4.62. The minimum absolute atomic E-state index is 0.156. The molecule has 1 unspecified atom stereocenters. The van der Waals surface area contributed by atoms with Crippen LogP contribution in [0.15, 0.2) is 29.8 Å². The summed E-state index contributed by atoms with van der Waals surface area (Å²) in [4.78, 5) is 38.3. The van der Waals surface area contributed by atoms with Gasteiger partial charge in [-0.25, -0.2) is 4.98 Å². The van der Waals surface area contributed by atoms with Gasteiger partial charge < -0.3 is 9.80 Å². The van der Waals surface area contributed by atoms with Crippen LogP contribution in [0.5, 0.6) is 0 Å². The molecule has 0 saturated carbocycles. The molecule has 2 bridgehead atoms. The molecule has 5 heterocycles. The number of carbonyl (C=O) groups is 2. The van der Waals surface area contributed by atoms with E-state index in [1.165, 1.54) is 11.3 Å². The molecule has 2 aromatic rings. The minimum atomic E-state index is 0.156. The standard InChI is InChI=1S/C21H24N4O2S/c26-19-6-3-5-18-15-8-14(11-25(18)19)10-24(12-15)20(27)9-16-13-28-21(23-16)17-4-1-2-7-22-17/h1-2,4,7,13-15,18H,3,5-6,8-12H2/t14-,15+,18?/m1/s1. The van der Waals surface area contributed by atoms with Gasteiger partial charge in [0, 0.05) is 43.7 Å². The first-order valence-electron chi connectivity index (χ1n) is 10.1. The van der Waals surface area contributed by atoms with Crippen LogP contribution in [0.25, 0.3) is 10.7 Å². The third-order valence-corrected chi connectivity index (χ3v) is 7.21. The van der Waals surface area contributed by atoms with Gasteiger partial charge in [-0.15, -0.1) is 11.3 Å². The van der Waals surface area contributed by atoms with Crippen LogP contribution < -0.4 is 0 Å². The Morgan fingerprint density at radius 2 is 2.18 bits per heavy atom. The van der Waals surface area contributed by atoms with Crippen LogP contribution in [0.2, 0.25) is 0 Å². The summed E-state index contributed by atoms with van der Waals surface area (Å²) in [5.74, 6) is 1.32. The fourth-order valence-corrected chi connectivity index (χ4v) is 5.87. The number of nitrogens with zero attached hydrogens (tertiary/aromatic N) is 4. The fraction of sp³-hybridized carbons (Fsp3) is 0.524. The summed E-state index contributed by atoms with van der Waals surface area (Å²) >= 11 is 1.53. The number of hydrogen-bond donors (Lipinski definition) is 0. The second kappa shape index (κ2) is 7.28. The lowest BCUT2D eigenvalue weighted by Gasteiger charge is -2.52. The highest BCUT2D eigenvalue weighted by molar-refractivity contribution is 7.13. The molecule has 3 aliphatic rings. The number of rotatable bonds is 3. The van der Waals surface area contributed by atoms with Gasteiger partial charge in [0.05, 0.1) is 17.8 Å². The highest BCUT2D eigenvalue weighted by atomic mass is 32.1. The fourth-order valence-electron chi connectivity index (χ4n) is 5.08. The van der Waals surface area contributed by atoms with Crippen molar-refractivity contribution >= 4 is 23.2 Å². The monoisotopic (exact) mass is 396 g/mol. The zero-order valence-electron chi connectivity index (χ0n) is 15.8. The molecule has 146 valence electrons. The molecule has 3 fully saturated rings. The van der Waals surface area contributed by atoms with Crippen LogP contribution in [0.3, 0.4) is 0 Å². The lowest BCUT2D eigenvalue weighted by Crippen LogP contribution is -2.61. The summed E-state index contributed by atoms with van der Waals surface area (Å²) in [6.07, 6.45) is 6.03. The van der Waals surface area contributed by atoms with Crippen molar-refractivity contribution < 1.29 is 9.59 Å². The Hall–Kier alpha value is -2.28. The van der Waals surface area contributed by atoms with Gasteiger partial charge in [-0.05, 0) is 43.2 Å². The molecule has 0 aromatic carbocycles. The average molecular weight is 397 g/mol. The van der Waals surface area contributed by atoms with Crippen LogP contribution >= 0.6 is 11.3 Å². The van der Waals surface area contributed by atoms with Gasteiger partial charge in [0.15, 0.2) is 0 Å². The lowest BCUT2D eigenvalue weighted by atomic mass is 9.76. The molecule has 3 atom stereocenters. The van der Waals surface area contributed by atoms with E-state index in [2.05, 4.69) is 14.9 Å². The van der Waals surface area contributed by atoms with Crippen molar-refractivity contribution in [2.24, 2.45) is 11.8 Å². The molecule has 5 rings (SSSR count). The van der Waals surface area contributed by atoms with Crippen molar-refractivity contribution in [1.82, 2.24) is 19.8 Å². The Bertz CT molecular complexity index is 884. The highest BCUT2D eigenvalue weighted by Gasteiger charge is 2.44. The molecular formula is C21H24N4O2S. The first kappa shape index (κ1) is 17.8. The molecule has 3 saturated heterocycles. The molecule has 0 radical (unpaired) electrons. The van der Waals surface area contributed by atoms with E-state index in [1.54, 1.807) is 6.20 Å². The van der Waals surface area contributed by atoms with E-state index >= 15 is 0 Å². The van der Waals surface area contributed by atoms with Crippen LogP contribution in [0.1, 0.15) is 31.4 Å². The van der Waals surface area contributed by atoms with Crippen molar-refractivity contribution in [1.29, 1.82) is 0 Å². The second-order valence-electron chi connectivity index (χ2n) is 8.20. The summed E-state index contributed by atoms with van der Waals surface area (Å²) in [5, 5.41) is 2.82. The maximum Gasteiger partial charge on any atom is 0.228 e. The molecule has 6 nitrogen and oxygen atoms in total. The summed E-state index contributed by atoms with van der Waals surface area (Å²) in [6.45, 7) is 2.37. The molecular weight excluding hydrogens is 372 g/mol. The Balaban J connectivity index is 1.26. The van der Waals surface area contributed by atoms with Crippen molar-refractivity contribution in [2.75, 3.05) is 19.6 Å². The third-order valence-electron chi connectivity index (χ3n) is 6.30. The molecule has 2 amide bonds. The van der Waals surface area contributed by atoms with Gasteiger partial charge in [-0.3, -0.25) is 14.6 Å². The van der Waals surface area contributed by atoms with E-state index in [-0.39, 0.29) is 5.91 Å². The largest absolute Gasteiger partial charge is 0.342 e. The van der Waals surface area contributed by atoms with E-state index in [9.17, 15) is 9.59 Å². The van der Waals surface area contributed by atoms with E-state index < -0.39 is 0 Å². The predicted octanol–water partition coefficient (Wildman–Crippen LogP) is 2.61. The van der Waals surface area contributed by atoms with Gasteiger partial charge >= 0.3 is 0 Å². The second-order valence-corrected chi connectivity index (χ2v) is 9.06. The van der Waals surface area contributed by atoms with Gasteiger partial charge in [0.25, 0.3) is 0 Å². The Labute approximate surface area is 168 Å².